The Labute approximate surface area is 71.5 Å². The molecular formula is C6H12Cl2N2. The number of hydrogen-bond donors (Lipinski definition) is 1. The van der Waals surface area contributed by atoms with Crippen molar-refractivity contribution in [2.75, 3.05) is 20.1 Å². The maximum Gasteiger partial charge on any atom is 0.122 e. The topological polar surface area (TPSA) is 15.3 Å². The Balaban J connectivity index is 2.63. The maximum atomic E-state index is 6.10. The van der Waals surface area contributed by atoms with E-state index in [4.69, 9.17) is 23.2 Å². The highest BCUT2D eigenvalue weighted by molar-refractivity contribution is 6.32. The highest BCUT2D eigenvalue weighted by Crippen LogP contribution is 2.27. The van der Waals surface area contributed by atoms with Gasteiger partial charge in [-0.05, 0) is 14.0 Å². The quantitative estimate of drug-likeness (QED) is 0.446. The van der Waals surface area contributed by atoms with Crippen LogP contribution in [0.25, 0.3) is 0 Å². The highest BCUT2D eigenvalue weighted by Gasteiger charge is 2.37. The molecule has 0 spiro atoms. The van der Waals surface area contributed by atoms with Gasteiger partial charge in [0.1, 0.15) is 10.5 Å². The first kappa shape index (κ1) is 8.60. The highest BCUT2D eigenvalue weighted by atomic mass is 35.5. The summed E-state index contributed by atoms with van der Waals surface area (Å²) >= 11 is 12.0. The van der Waals surface area contributed by atoms with Crippen LogP contribution in [0.4, 0.5) is 0 Å². The largest absolute Gasteiger partial charge is 0.297 e. The third kappa shape index (κ3) is 1.40. The molecule has 0 saturated carbocycles. The van der Waals surface area contributed by atoms with Gasteiger partial charge in [0.25, 0.3) is 0 Å². The molecule has 1 aliphatic rings. The maximum absolute atomic E-state index is 6.10. The molecule has 1 aliphatic heterocycles. The van der Waals surface area contributed by atoms with Crippen molar-refractivity contribution in [1.82, 2.24) is 10.2 Å². The van der Waals surface area contributed by atoms with E-state index in [2.05, 4.69) is 5.32 Å². The molecule has 2 atom stereocenters. The number of rotatable bonds is 0. The first-order valence-corrected chi connectivity index (χ1v) is 4.14. The lowest BCUT2D eigenvalue weighted by atomic mass is 10.2. The van der Waals surface area contributed by atoms with E-state index < -0.39 is 5.00 Å². The number of nitrogens with zero attached hydrogens (tertiary/aromatic N) is 1. The predicted octanol–water partition coefficient (Wildman–Crippen LogP) is 1.04. The van der Waals surface area contributed by atoms with Crippen molar-refractivity contribution >= 4 is 23.2 Å². The molecule has 0 aromatic rings. The van der Waals surface area contributed by atoms with Crippen LogP contribution in [0.2, 0.25) is 0 Å². The summed E-state index contributed by atoms with van der Waals surface area (Å²) in [6, 6.07) is 0. The number of halogens is 2. The lowest BCUT2D eigenvalue weighted by Crippen LogP contribution is -2.59. The minimum atomic E-state index is -0.445. The summed E-state index contributed by atoms with van der Waals surface area (Å²) in [6.07, 6.45) is 0. The van der Waals surface area contributed by atoms with E-state index >= 15 is 0 Å². The first-order chi connectivity index (χ1) is 4.55. The fourth-order valence-electron chi connectivity index (χ4n) is 0.957. The minimum absolute atomic E-state index is 0.159. The summed E-state index contributed by atoms with van der Waals surface area (Å²) in [5, 5.41) is 3.09. The fourth-order valence-corrected chi connectivity index (χ4v) is 1.39. The molecule has 60 valence electrons. The van der Waals surface area contributed by atoms with Gasteiger partial charge in [-0.1, -0.05) is 11.6 Å². The Morgan fingerprint density at radius 2 is 2.30 bits per heavy atom. The van der Waals surface area contributed by atoms with Crippen LogP contribution in [-0.4, -0.2) is 35.5 Å². The van der Waals surface area contributed by atoms with Gasteiger partial charge in [-0.2, -0.15) is 0 Å². The zero-order valence-corrected chi connectivity index (χ0v) is 7.71. The molecule has 0 aliphatic carbocycles. The fraction of sp³-hybridized carbons (Fsp3) is 1.00. The lowest BCUT2D eigenvalue weighted by Gasteiger charge is -2.41. The standard InChI is InChI=1S/C6H12Cl2N2/c1-6(8)5(7)9-3-4-10(6)2/h5,9H,3-4H2,1-2H3. The first-order valence-electron chi connectivity index (χ1n) is 3.33. The smallest absolute Gasteiger partial charge is 0.122 e. The monoisotopic (exact) mass is 182 g/mol. The molecule has 0 aromatic carbocycles. The number of alkyl halides is 2. The predicted molar refractivity (Wildman–Crippen MR) is 44.5 cm³/mol. The van der Waals surface area contributed by atoms with Crippen LogP contribution >= 0.6 is 23.2 Å². The summed E-state index contributed by atoms with van der Waals surface area (Å²) in [5.41, 5.74) is -0.159. The molecule has 10 heavy (non-hydrogen) atoms. The van der Waals surface area contributed by atoms with E-state index in [1.165, 1.54) is 0 Å². The van der Waals surface area contributed by atoms with Crippen LogP contribution in [0.5, 0.6) is 0 Å². The second-order valence-corrected chi connectivity index (χ2v) is 3.96. The molecule has 1 rings (SSSR count). The number of likely N-dealkylation sites (N-methyl/N-ethyl adjacent to an activating group) is 1. The lowest BCUT2D eigenvalue weighted by molar-refractivity contribution is 0.163. The zero-order valence-electron chi connectivity index (χ0n) is 6.19. The van der Waals surface area contributed by atoms with Gasteiger partial charge in [0, 0.05) is 13.1 Å². The molecular weight excluding hydrogens is 171 g/mol. The van der Waals surface area contributed by atoms with Crippen LogP contribution in [0.15, 0.2) is 0 Å². The average molecular weight is 183 g/mol. The van der Waals surface area contributed by atoms with E-state index in [0.717, 1.165) is 13.1 Å². The van der Waals surface area contributed by atoms with E-state index in [9.17, 15) is 0 Å². The van der Waals surface area contributed by atoms with Crippen molar-refractivity contribution < 1.29 is 0 Å². The molecule has 0 bridgehead atoms. The Bertz CT molecular complexity index is 115. The van der Waals surface area contributed by atoms with Gasteiger partial charge in [-0.3, -0.25) is 10.2 Å². The SMILES string of the molecule is CN1CCNC(Cl)C1(C)Cl. The third-order valence-electron chi connectivity index (χ3n) is 1.98. The summed E-state index contributed by atoms with van der Waals surface area (Å²) in [4.78, 5) is 1.60. The molecule has 4 heteroatoms. The normalized spacial score (nSPS) is 43.8. The van der Waals surface area contributed by atoms with Crippen molar-refractivity contribution in [3.63, 3.8) is 0 Å². The van der Waals surface area contributed by atoms with Gasteiger partial charge < -0.3 is 0 Å². The van der Waals surface area contributed by atoms with Gasteiger partial charge in [-0.25, -0.2) is 0 Å². The van der Waals surface area contributed by atoms with Crippen LogP contribution in [-0.2, 0) is 0 Å². The summed E-state index contributed by atoms with van der Waals surface area (Å²) < 4.78 is 0. The molecule has 2 nitrogen and oxygen atoms in total. The van der Waals surface area contributed by atoms with Crippen molar-refractivity contribution in [1.29, 1.82) is 0 Å². The number of hydrogen-bond acceptors (Lipinski definition) is 2. The molecule has 0 amide bonds. The van der Waals surface area contributed by atoms with Crippen LogP contribution < -0.4 is 5.32 Å². The van der Waals surface area contributed by atoms with Crippen LogP contribution in [0, 0.1) is 0 Å². The Morgan fingerprint density at radius 3 is 2.70 bits per heavy atom. The van der Waals surface area contributed by atoms with Gasteiger partial charge in [0.2, 0.25) is 0 Å². The van der Waals surface area contributed by atoms with Crippen LogP contribution in [0.1, 0.15) is 6.92 Å². The second-order valence-electron chi connectivity index (χ2n) is 2.76. The molecule has 1 saturated heterocycles. The molecule has 2 unspecified atom stereocenters. The van der Waals surface area contributed by atoms with E-state index in [0.29, 0.717) is 0 Å². The van der Waals surface area contributed by atoms with E-state index in [1.807, 2.05) is 18.9 Å². The molecule has 1 heterocycles. The van der Waals surface area contributed by atoms with E-state index in [-0.39, 0.29) is 5.50 Å². The molecule has 1 fully saturated rings. The Morgan fingerprint density at radius 1 is 1.70 bits per heavy atom. The van der Waals surface area contributed by atoms with Gasteiger partial charge in [0.15, 0.2) is 0 Å². The minimum Gasteiger partial charge on any atom is -0.297 e. The van der Waals surface area contributed by atoms with Crippen molar-refractivity contribution in [3.05, 3.63) is 0 Å². The van der Waals surface area contributed by atoms with Gasteiger partial charge >= 0.3 is 0 Å². The Hall–Kier alpha value is 0.500. The summed E-state index contributed by atoms with van der Waals surface area (Å²) in [6.45, 7) is 3.77. The van der Waals surface area contributed by atoms with Crippen LogP contribution in [0.3, 0.4) is 0 Å². The second kappa shape index (κ2) is 2.86. The van der Waals surface area contributed by atoms with E-state index in [1.54, 1.807) is 0 Å². The van der Waals surface area contributed by atoms with Crippen molar-refractivity contribution in [2.24, 2.45) is 0 Å². The number of piperazine rings is 1. The molecule has 0 aromatic heterocycles. The van der Waals surface area contributed by atoms with Gasteiger partial charge in [-0.15, -0.1) is 11.6 Å². The third-order valence-corrected chi connectivity index (χ3v) is 3.18. The molecule has 1 N–H and O–H groups in total. The zero-order chi connectivity index (χ0) is 7.78. The summed E-state index contributed by atoms with van der Waals surface area (Å²) in [5.74, 6) is 0. The average Bonchev–Trinajstić information content (AvgIpc) is 1.84. The van der Waals surface area contributed by atoms with Crippen molar-refractivity contribution in [3.8, 4) is 0 Å². The number of nitrogens with one attached hydrogen (secondary N) is 1. The molecule has 0 radical (unpaired) electrons. The summed E-state index contributed by atoms with van der Waals surface area (Å²) in [7, 11) is 1.98. The van der Waals surface area contributed by atoms with Gasteiger partial charge in [0.05, 0.1) is 0 Å². The van der Waals surface area contributed by atoms with Crippen molar-refractivity contribution in [2.45, 2.75) is 17.4 Å². The Kier molecular flexibility index (Phi) is 2.46.